The van der Waals surface area contributed by atoms with Gasteiger partial charge in [0.15, 0.2) is 0 Å². The molecule has 1 unspecified atom stereocenters. The minimum atomic E-state index is -0.576. The molecule has 0 fully saturated rings. The molecule has 1 nitrogen and oxygen atoms in total. The summed E-state index contributed by atoms with van der Waals surface area (Å²) in [5.41, 5.74) is 1.37. The van der Waals surface area contributed by atoms with Gasteiger partial charge in [-0.05, 0) is 36.2 Å². The van der Waals surface area contributed by atoms with Crippen molar-refractivity contribution in [1.82, 2.24) is 0 Å². The first-order chi connectivity index (χ1) is 9.10. The first kappa shape index (κ1) is 14.0. The molecule has 0 spiro atoms. The van der Waals surface area contributed by atoms with E-state index in [0.717, 1.165) is 22.5 Å². The van der Waals surface area contributed by atoms with Crippen LogP contribution in [0.15, 0.2) is 46.9 Å². The zero-order valence-electron chi connectivity index (χ0n) is 10.5. The lowest BCUT2D eigenvalue weighted by Crippen LogP contribution is -2.10. The molecule has 0 saturated carbocycles. The Kier molecular flexibility index (Phi) is 4.53. The molecule has 2 aromatic rings. The third-order valence-electron chi connectivity index (χ3n) is 2.92. The molecule has 0 radical (unpaired) electrons. The maximum Gasteiger partial charge on any atom is 0.149 e. The normalized spacial score (nSPS) is 12.2. The minimum absolute atomic E-state index is 0.0162. The topological polar surface area (TPSA) is 12.0 Å². The molecular formula is C15H14BrF2N. The Labute approximate surface area is 119 Å². The summed E-state index contributed by atoms with van der Waals surface area (Å²) in [7, 11) is 0. The standard InChI is InChI=1S/C15H14BrF2N/c1-2-14(10-4-3-5-11(16)8-10)19-15-7-6-12(17)9-13(15)18/h3-9,14,19H,2H2,1H3. The molecule has 100 valence electrons. The minimum Gasteiger partial charge on any atom is -0.376 e. The van der Waals surface area contributed by atoms with Crippen LogP contribution in [-0.2, 0) is 0 Å². The van der Waals surface area contributed by atoms with Gasteiger partial charge in [-0.3, -0.25) is 0 Å². The number of nitrogens with one attached hydrogen (secondary N) is 1. The average Bonchev–Trinajstić information content (AvgIpc) is 2.38. The largest absolute Gasteiger partial charge is 0.376 e. The van der Waals surface area contributed by atoms with E-state index in [4.69, 9.17) is 0 Å². The highest BCUT2D eigenvalue weighted by atomic mass is 79.9. The van der Waals surface area contributed by atoms with E-state index in [2.05, 4.69) is 21.2 Å². The second-order valence-corrected chi connectivity index (χ2v) is 5.20. The maximum absolute atomic E-state index is 13.6. The van der Waals surface area contributed by atoms with Gasteiger partial charge in [-0.25, -0.2) is 8.78 Å². The van der Waals surface area contributed by atoms with Crippen LogP contribution in [0.2, 0.25) is 0 Å². The number of rotatable bonds is 4. The average molecular weight is 326 g/mol. The van der Waals surface area contributed by atoms with Crippen LogP contribution < -0.4 is 5.32 Å². The Balaban J connectivity index is 2.24. The Morgan fingerprint density at radius 1 is 1.16 bits per heavy atom. The first-order valence-corrected chi connectivity index (χ1v) is 6.86. The third-order valence-corrected chi connectivity index (χ3v) is 3.41. The molecule has 0 aromatic heterocycles. The highest BCUT2D eigenvalue weighted by molar-refractivity contribution is 9.10. The van der Waals surface area contributed by atoms with E-state index in [0.29, 0.717) is 5.69 Å². The lowest BCUT2D eigenvalue weighted by atomic mass is 10.0. The van der Waals surface area contributed by atoms with Crippen LogP contribution in [-0.4, -0.2) is 0 Å². The van der Waals surface area contributed by atoms with Gasteiger partial charge in [0, 0.05) is 10.5 Å². The highest BCUT2D eigenvalue weighted by Crippen LogP contribution is 2.26. The molecule has 0 aliphatic rings. The van der Waals surface area contributed by atoms with Gasteiger partial charge in [-0.2, -0.15) is 0 Å². The fraction of sp³-hybridized carbons (Fsp3) is 0.200. The van der Waals surface area contributed by atoms with Gasteiger partial charge < -0.3 is 5.32 Å². The second-order valence-electron chi connectivity index (χ2n) is 4.28. The molecule has 2 rings (SSSR count). The van der Waals surface area contributed by atoms with Gasteiger partial charge in [0.2, 0.25) is 0 Å². The quantitative estimate of drug-likeness (QED) is 0.805. The Morgan fingerprint density at radius 3 is 2.58 bits per heavy atom. The van der Waals surface area contributed by atoms with E-state index in [1.807, 2.05) is 31.2 Å². The van der Waals surface area contributed by atoms with Crippen molar-refractivity contribution < 1.29 is 8.78 Å². The van der Waals surface area contributed by atoms with Gasteiger partial charge in [-0.1, -0.05) is 35.0 Å². The van der Waals surface area contributed by atoms with Crippen molar-refractivity contribution in [3.05, 3.63) is 64.1 Å². The predicted molar refractivity (Wildman–Crippen MR) is 77.2 cm³/mol. The summed E-state index contributed by atoms with van der Waals surface area (Å²) in [5, 5.41) is 3.11. The van der Waals surface area contributed by atoms with Crippen LogP contribution in [0.25, 0.3) is 0 Å². The van der Waals surface area contributed by atoms with Gasteiger partial charge in [-0.15, -0.1) is 0 Å². The summed E-state index contributed by atoms with van der Waals surface area (Å²) >= 11 is 3.42. The molecule has 0 heterocycles. The molecule has 0 saturated heterocycles. The zero-order chi connectivity index (χ0) is 13.8. The number of anilines is 1. The smallest absolute Gasteiger partial charge is 0.149 e. The Hall–Kier alpha value is -1.42. The van der Waals surface area contributed by atoms with Crippen molar-refractivity contribution in [3.8, 4) is 0 Å². The molecule has 0 aliphatic carbocycles. The Morgan fingerprint density at radius 2 is 1.95 bits per heavy atom. The van der Waals surface area contributed by atoms with Crippen molar-refractivity contribution in [2.45, 2.75) is 19.4 Å². The molecule has 19 heavy (non-hydrogen) atoms. The molecule has 0 bridgehead atoms. The first-order valence-electron chi connectivity index (χ1n) is 6.07. The van der Waals surface area contributed by atoms with Crippen LogP contribution in [0.5, 0.6) is 0 Å². The van der Waals surface area contributed by atoms with E-state index in [9.17, 15) is 8.78 Å². The predicted octanol–water partition coefficient (Wildman–Crippen LogP) is 5.29. The van der Waals surface area contributed by atoms with Crippen LogP contribution in [0.1, 0.15) is 24.9 Å². The molecule has 2 aromatic carbocycles. The van der Waals surface area contributed by atoms with Crippen LogP contribution in [0.4, 0.5) is 14.5 Å². The summed E-state index contributed by atoms with van der Waals surface area (Å²) in [6.45, 7) is 2.01. The van der Waals surface area contributed by atoms with Crippen LogP contribution >= 0.6 is 15.9 Å². The number of hydrogen-bond donors (Lipinski definition) is 1. The number of hydrogen-bond acceptors (Lipinski definition) is 1. The summed E-state index contributed by atoms with van der Waals surface area (Å²) in [6, 6.07) is 11.4. The fourth-order valence-electron chi connectivity index (χ4n) is 1.94. The van der Waals surface area contributed by atoms with Gasteiger partial charge >= 0.3 is 0 Å². The molecule has 4 heteroatoms. The van der Waals surface area contributed by atoms with E-state index in [-0.39, 0.29) is 6.04 Å². The van der Waals surface area contributed by atoms with E-state index >= 15 is 0 Å². The summed E-state index contributed by atoms with van der Waals surface area (Å²) in [5.74, 6) is -1.15. The maximum atomic E-state index is 13.6. The van der Waals surface area contributed by atoms with E-state index in [1.54, 1.807) is 0 Å². The molecule has 1 atom stereocenters. The highest BCUT2D eigenvalue weighted by Gasteiger charge is 2.12. The third kappa shape index (κ3) is 3.53. The van der Waals surface area contributed by atoms with Crippen molar-refractivity contribution in [1.29, 1.82) is 0 Å². The molecule has 0 aliphatic heterocycles. The summed E-state index contributed by atoms with van der Waals surface area (Å²) in [6.07, 6.45) is 0.799. The van der Waals surface area contributed by atoms with E-state index in [1.165, 1.54) is 12.1 Å². The van der Waals surface area contributed by atoms with Crippen molar-refractivity contribution >= 4 is 21.6 Å². The van der Waals surface area contributed by atoms with Crippen molar-refractivity contribution in [2.24, 2.45) is 0 Å². The second kappa shape index (κ2) is 6.15. The Bertz CT molecular complexity index is 572. The lowest BCUT2D eigenvalue weighted by Gasteiger charge is -2.19. The van der Waals surface area contributed by atoms with Crippen molar-refractivity contribution in [3.63, 3.8) is 0 Å². The monoisotopic (exact) mass is 325 g/mol. The van der Waals surface area contributed by atoms with Crippen LogP contribution in [0, 0.1) is 11.6 Å². The zero-order valence-corrected chi connectivity index (χ0v) is 12.0. The summed E-state index contributed by atoms with van der Waals surface area (Å²) < 4.78 is 27.5. The molecular weight excluding hydrogens is 312 g/mol. The van der Waals surface area contributed by atoms with Gasteiger partial charge in [0.1, 0.15) is 11.6 Å². The van der Waals surface area contributed by atoms with Crippen molar-refractivity contribution in [2.75, 3.05) is 5.32 Å². The number of benzene rings is 2. The van der Waals surface area contributed by atoms with Gasteiger partial charge in [0.25, 0.3) is 0 Å². The van der Waals surface area contributed by atoms with Crippen LogP contribution in [0.3, 0.4) is 0 Å². The molecule has 1 N–H and O–H groups in total. The van der Waals surface area contributed by atoms with E-state index < -0.39 is 11.6 Å². The number of halogens is 3. The fourth-order valence-corrected chi connectivity index (χ4v) is 2.36. The lowest BCUT2D eigenvalue weighted by molar-refractivity contribution is 0.582. The SMILES string of the molecule is CCC(Nc1ccc(F)cc1F)c1cccc(Br)c1. The summed E-state index contributed by atoms with van der Waals surface area (Å²) in [4.78, 5) is 0. The molecule has 0 amide bonds. The van der Waals surface area contributed by atoms with Gasteiger partial charge in [0.05, 0.1) is 11.7 Å².